The highest BCUT2D eigenvalue weighted by atomic mass is 19.4. The number of ketones is 1. The number of hydrogen-bond acceptors (Lipinski definition) is 6. The summed E-state index contributed by atoms with van der Waals surface area (Å²) in [6, 6.07) is 3.95. The van der Waals surface area contributed by atoms with E-state index in [2.05, 4.69) is 10.3 Å². The van der Waals surface area contributed by atoms with E-state index in [1.54, 1.807) is 0 Å². The number of rotatable bonds is 4. The fourth-order valence-corrected chi connectivity index (χ4v) is 3.13. The standard InChI is InChI=1S/C18H14F3N3O5/c19-18(20,21)17(29)12(14(25)11-2-1-7-22-8-11)13(23-16(28)24-17)9-3-5-10(6-4-9)15(26)27/h1-8,12-13,29H,(H,26,27)(H2,23,24,28)/p-1/t12-,13-,17-/m1/s1. The molecule has 1 fully saturated rings. The molecule has 2 heterocycles. The number of alkyl halides is 3. The average Bonchev–Trinajstić information content (AvgIpc) is 2.67. The Bertz CT molecular complexity index is 949. The zero-order valence-electron chi connectivity index (χ0n) is 14.4. The van der Waals surface area contributed by atoms with Crippen molar-refractivity contribution in [3.8, 4) is 0 Å². The summed E-state index contributed by atoms with van der Waals surface area (Å²) in [5, 5.41) is 24.9. The number of nitrogens with one attached hydrogen (secondary N) is 2. The number of aromatic nitrogens is 1. The first kappa shape index (κ1) is 20.3. The van der Waals surface area contributed by atoms with Crippen LogP contribution in [0.15, 0.2) is 48.8 Å². The molecule has 0 spiro atoms. The second kappa shape index (κ2) is 7.17. The SMILES string of the molecule is O=C1N[C@H](c2ccc(C(=O)[O-])cc2)[C@H](C(=O)c2cccnc2)[C@@](O)(C(F)(F)F)N1. The van der Waals surface area contributed by atoms with Crippen molar-refractivity contribution in [1.82, 2.24) is 15.6 Å². The van der Waals surface area contributed by atoms with Crippen molar-refractivity contribution in [2.75, 3.05) is 0 Å². The van der Waals surface area contributed by atoms with Gasteiger partial charge in [0.1, 0.15) is 5.92 Å². The molecule has 0 unspecified atom stereocenters. The maximum absolute atomic E-state index is 13.7. The van der Waals surface area contributed by atoms with Crippen molar-refractivity contribution >= 4 is 17.8 Å². The summed E-state index contributed by atoms with van der Waals surface area (Å²) in [5.41, 5.74) is -4.36. The predicted molar refractivity (Wildman–Crippen MR) is 88.2 cm³/mol. The van der Waals surface area contributed by atoms with Gasteiger partial charge in [-0.15, -0.1) is 0 Å². The molecule has 2 aromatic rings. The fraction of sp³-hybridized carbons (Fsp3) is 0.222. The number of nitrogens with zero attached hydrogens (tertiary/aromatic N) is 1. The second-order valence-electron chi connectivity index (χ2n) is 6.33. The number of benzene rings is 1. The Hall–Kier alpha value is -3.47. The van der Waals surface area contributed by atoms with Gasteiger partial charge in [-0.05, 0) is 23.3 Å². The highest BCUT2D eigenvalue weighted by Gasteiger charge is 2.66. The van der Waals surface area contributed by atoms with E-state index >= 15 is 0 Å². The van der Waals surface area contributed by atoms with Gasteiger partial charge in [-0.25, -0.2) is 4.79 Å². The van der Waals surface area contributed by atoms with Crippen LogP contribution in [0, 0.1) is 5.92 Å². The average molecular weight is 408 g/mol. The quantitative estimate of drug-likeness (QED) is 0.633. The Morgan fingerprint density at radius 1 is 1.14 bits per heavy atom. The molecular formula is C18H13F3N3O5-. The maximum atomic E-state index is 13.7. The molecule has 1 aromatic heterocycles. The van der Waals surface area contributed by atoms with E-state index in [4.69, 9.17) is 0 Å². The normalized spacial score (nSPS) is 24.3. The summed E-state index contributed by atoms with van der Waals surface area (Å²) < 4.78 is 41.2. The summed E-state index contributed by atoms with van der Waals surface area (Å²) in [6.45, 7) is 0. The third-order valence-corrected chi connectivity index (χ3v) is 4.54. The van der Waals surface area contributed by atoms with Crippen molar-refractivity contribution in [2.45, 2.75) is 17.9 Å². The van der Waals surface area contributed by atoms with Gasteiger partial charge in [0, 0.05) is 18.0 Å². The number of carboxylic acid groups (broad SMARTS) is 1. The number of hydrogen-bond donors (Lipinski definition) is 3. The number of aromatic carboxylic acids is 1. The molecule has 0 aliphatic carbocycles. The third kappa shape index (κ3) is 3.63. The van der Waals surface area contributed by atoms with Gasteiger partial charge >= 0.3 is 12.2 Å². The topological polar surface area (TPSA) is 131 Å². The van der Waals surface area contributed by atoms with Gasteiger partial charge in [0.25, 0.3) is 0 Å². The van der Waals surface area contributed by atoms with Crippen LogP contribution in [0.4, 0.5) is 18.0 Å². The molecule has 0 bridgehead atoms. The number of carboxylic acids is 1. The minimum atomic E-state index is -5.39. The molecular weight excluding hydrogens is 395 g/mol. The smallest absolute Gasteiger partial charge is 0.437 e. The van der Waals surface area contributed by atoms with Crippen LogP contribution in [0.1, 0.15) is 32.3 Å². The van der Waals surface area contributed by atoms with Crippen LogP contribution in [-0.2, 0) is 0 Å². The van der Waals surface area contributed by atoms with Crippen molar-refractivity contribution in [3.63, 3.8) is 0 Å². The lowest BCUT2D eigenvalue weighted by atomic mass is 9.77. The van der Waals surface area contributed by atoms with E-state index in [1.807, 2.05) is 0 Å². The van der Waals surface area contributed by atoms with Gasteiger partial charge in [0.2, 0.25) is 5.72 Å². The number of carbonyl (C=O) groups excluding carboxylic acids is 3. The number of pyridine rings is 1. The molecule has 1 aliphatic heterocycles. The van der Waals surface area contributed by atoms with Crippen molar-refractivity contribution < 1.29 is 37.8 Å². The van der Waals surface area contributed by atoms with Crippen LogP contribution in [0.25, 0.3) is 0 Å². The molecule has 0 radical (unpaired) electrons. The molecule has 152 valence electrons. The van der Waals surface area contributed by atoms with Crippen molar-refractivity contribution in [2.24, 2.45) is 5.92 Å². The molecule has 3 atom stereocenters. The third-order valence-electron chi connectivity index (χ3n) is 4.54. The monoisotopic (exact) mass is 408 g/mol. The fourth-order valence-electron chi connectivity index (χ4n) is 3.13. The molecule has 3 rings (SSSR count). The molecule has 1 saturated heterocycles. The van der Waals surface area contributed by atoms with Crippen LogP contribution in [-0.4, -0.2) is 39.8 Å². The van der Waals surface area contributed by atoms with E-state index in [9.17, 15) is 37.8 Å². The number of urea groups is 1. The van der Waals surface area contributed by atoms with Gasteiger partial charge in [-0.3, -0.25) is 9.78 Å². The first-order chi connectivity index (χ1) is 13.5. The second-order valence-corrected chi connectivity index (χ2v) is 6.33. The zero-order chi connectivity index (χ0) is 21.4. The lowest BCUT2D eigenvalue weighted by Crippen LogP contribution is -2.72. The molecule has 8 nitrogen and oxygen atoms in total. The number of Topliss-reactive ketones (excluding diaryl/α,β-unsaturated/α-hetero) is 1. The van der Waals surface area contributed by atoms with E-state index < -0.39 is 41.6 Å². The molecule has 0 saturated carbocycles. The summed E-state index contributed by atoms with van der Waals surface area (Å²) in [5.74, 6) is -4.86. The van der Waals surface area contributed by atoms with Gasteiger partial charge in [-0.1, -0.05) is 24.3 Å². The van der Waals surface area contributed by atoms with E-state index in [1.165, 1.54) is 23.6 Å². The lowest BCUT2D eigenvalue weighted by Gasteiger charge is -2.45. The van der Waals surface area contributed by atoms with Crippen LogP contribution >= 0.6 is 0 Å². The van der Waals surface area contributed by atoms with E-state index in [0.717, 1.165) is 30.5 Å². The van der Waals surface area contributed by atoms with Gasteiger partial charge in [-0.2, -0.15) is 13.2 Å². The molecule has 1 aliphatic rings. The molecule has 11 heteroatoms. The lowest BCUT2D eigenvalue weighted by molar-refractivity contribution is -0.287. The van der Waals surface area contributed by atoms with Gasteiger partial charge in [0.05, 0.1) is 12.0 Å². The van der Waals surface area contributed by atoms with E-state index in [-0.39, 0.29) is 16.7 Å². The highest BCUT2D eigenvalue weighted by Crippen LogP contribution is 2.43. The Labute approximate surface area is 161 Å². The summed E-state index contributed by atoms with van der Waals surface area (Å²) in [7, 11) is 0. The molecule has 1 aromatic carbocycles. The number of aliphatic hydroxyl groups is 1. The maximum Gasteiger partial charge on any atom is 0.437 e. The minimum Gasteiger partial charge on any atom is -0.545 e. The van der Waals surface area contributed by atoms with Crippen LogP contribution in [0.3, 0.4) is 0 Å². The minimum absolute atomic E-state index is 0.0187. The zero-order valence-corrected chi connectivity index (χ0v) is 14.4. The molecule has 29 heavy (non-hydrogen) atoms. The number of amides is 2. The van der Waals surface area contributed by atoms with Gasteiger partial charge < -0.3 is 25.6 Å². The first-order valence-electron chi connectivity index (χ1n) is 8.18. The van der Waals surface area contributed by atoms with Crippen molar-refractivity contribution in [3.05, 3.63) is 65.5 Å². The van der Waals surface area contributed by atoms with Crippen LogP contribution in [0.2, 0.25) is 0 Å². The largest absolute Gasteiger partial charge is 0.545 e. The van der Waals surface area contributed by atoms with Crippen molar-refractivity contribution in [1.29, 1.82) is 0 Å². The Morgan fingerprint density at radius 3 is 2.31 bits per heavy atom. The molecule has 3 N–H and O–H groups in total. The molecule has 2 amide bonds. The Kier molecular flexibility index (Phi) is 5.01. The Balaban J connectivity index is 2.14. The first-order valence-corrected chi connectivity index (χ1v) is 8.18. The summed E-state index contributed by atoms with van der Waals surface area (Å²) in [4.78, 5) is 39.4. The summed E-state index contributed by atoms with van der Waals surface area (Å²) >= 11 is 0. The number of carbonyl (C=O) groups is 3. The predicted octanol–water partition coefficient (Wildman–Crippen LogP) is 0.549. The van der Waals surface area contributed by atoms with Crippen LogP contribution in [0.5, 0.6) is 0 Å². The van der Waals surface area contributed by atoms with E-state index in [0.29, 0.717) is 0 Å². The van der Waals surface area contributed by atoms with Gasteiger partial charge in [0.15, 0.2) is 5.78 Å². The summed E-state index contributed by atoms with van der Waals surface area (Å²) in [6.07, 6.45) is -3.05. The number of halogens is 3. The van der Waals surface area contributed by atoms with Crippen LogP contribution < -0.4 is 15.7 Å². The highest BCUT2D eigenvalue weighted by molar-refractivity contribution is 6.00. The Morgan fingerprint density at radius 2 is 1.79 bits per heavy atom.